The van der Waals surface area contributed by atoms with Crippen LogP contribution in [0.1, 0.15) is 11.6 Å². The molecule has 0 saturated heterocycles. The highest BCUT2D eigenvalue weighted by Gasteiger charge is 2.16. The summed E-state index contributed by atoms with van der Waals surface area (Å²) in [6.45, 7) is -0.117. The molecule has 0 aromatic heterocycles. The number of nitrogens with two attached hydrogens (primary N) is 1. The Kier molecular flexibility index (Phi) is 4.38. The van der Waals surface area contributed by atoms with E-state index in [0.29, 0.717) is 16.0 Å². The van der Waals surface area contributed by atoms with Gasteiger partial charge in [-0.15, -0.1) is 0 Å². The fourth-order valence-corrected chi connectivity index (χ4v) is 2.07. The second kappa shape index (κ2) is 5.34. The summed E-state index contributed by atoms with van der Waals surface area (Å²) in [5.74, 6) is 1.21. The molecule has 0 aliphatic heterocycles. The molecule has 0 heterocycles. The first-order valence-corrected chi connectivity index (χ1v) is 5.21. The van der Waals surface area contributed by atoms with E-state index in [4.69, 9.17) is 20.3 Å². The first-order chi connectivity index (χ1) is 7.15. The molecule has 15 heavy (non-hydrogen) atoms. The van der Waals surface area contributed by atoms with Gasteiger partial charge in [-0.05, 0) is 27.6 Å². The van der Waals surface area contributed by atoms with Gasteiger partial charge in [-0.2, -0.15) is 0 Å². The van der Waals surface area contributed by atoms with Gasteiger partial charge in [-0.3, -0.25) is 0 Å². The Morgan fingerprint density at radius 1 is 1.40 bits per heavy atom. The molecule has 5 heteroatoms. The molecule has 1 aromatic rings. The molecule has 0 amide bonds. The Labute approximate surface area is 97.1 Å². The van der Waals surface area contributed by atoms with Gasteiger partial charge in [0, 0.05) is 0 Å². The fraction of sp³-hybridized carbons (Fsp3) is 0.400. The van der Waals surface area contributed by atoms with Gasteiger partial charge >= 0.3 is 0 Å². The number of rotatable bonds is 4. The minimum atomic E-state index is -0.431. The highest BCUT2D eigenvalue weighted by molar-refractivity contribution is 9.10. The van der Waals surface area contributed by atoms with Gasteiger partial charge < -0.3 is 20.3 Å². The molecule has 0 fully saturated rings. The van der Waals surface area contributed by atoms with Gasteiger partial charge in [-0.25, -0.2) is 0 Å². The number of ether oxygens (including phenoxy) is 2. The number of aliphatic hydroxyl groups is 1. The van der Waals surface area contributed by atoms with E-state index < -0.39 is 6.04 Å². The van der Waals surface area contributed by atoms with Crippen molar-refractivity contribution >= 4 is 15.9 Å². The lowest BCUT2D eigenvalue weighted by molar-refractivity contribution is 0.267. The summed E-state index contributed by atoms with van der Waals surface area (Å²) in [5, 5.41) is 8.98. The van der Waals surface area contributed by atoms with E-state index in [1.54, 1.807) is 26.4 Å². The van der Waals surface area contributed by atoms with Crippen LogP contribution < -0.4 is 15.2 Å². The zero-order valence-electron chi connectivity index (χ0n) is 8.66. The maximum Gasteiger partial charge on any atom is 0.175 e. The maximum atomic E-state index is 8.98. The topological polar surface area (TPSA) is 64.7 Å². The molecule has 1 aromatic carbocycles. The molecule has 0 aliphatic rings. The third-order valence-corrected chi connectivity index (χ3v) is 2.93. The lowest BCUT2D eigenvalue weighted by Gasteiger charge is -2.16. The van der Waals surface area contributed by atoms with Gasteiger partial charge in [0.05, 0.1) is 31.3 Å². The van der Waals surface area contributed by atoms with Gasteiger partial charge in [0.1, 0.15) is 0 Å². The zero-order valence-corrected chi connectivity index (χ0v) is 10.2. The largest absolute Gasteiger partial charge is 0.493 e. The van der Waals surface area contributed by atoms with Gasteiger partial charge in [0.25, 0.3) is 0 Å². The van der Waals surface area contributed by atoms with Crippen LogP contribution in [0.25, 0.3) is 0 Å². The Balaban J connectivity index is 3.22. The molecule has 3 N–H and O–H groups in total. The van der Waals surface area contributed by atoms with E-state index in [1.807, 2.05) is 0 Å². The van der Waals surface area contributed by atoms with E-state index in [1.165, 1.54) is 0 Å². The first kappa shape index (κ1) is 12.3. The van der Waals surface area contributed by atoms with Crippen molar-refractivity contribution in [2.75, 3.05) is 20.8 Å². The summed E-state index contributed by atoms with van der Waals surface area (Å²) in [4.78, 5) is 0. The molecule has 0 bridgehead atoms. The minimum Gasteiger partial charge on any atom is -0.493 e. The molecule has 0 radical (unpaired) electrons. The van der Waals surface area contributed by atoms with Crippen LogP contribution in [0.4, 0.5) is 0 Å². The Hall–Kier alpha value is -0.780. The SMILES string of the molecule is COc1ccc([C@@H](N)CO)c(Br)c1OC. The summed E-state index contributed by atoms with van der Waals surface area (Å²) >= 11 is 3.38. The van der Waals surface area contributed by atoms with E-state index in [0.717, 1.165) is 5.56 Å². The van der Waals surface area contributed by atoms with E-state index >= 15 is 0 Å². The second-order valence-electron chi connectivity index (χ2n) is 2.99. The van der Waals surface area contributed by atoms with Crippen molar-refractivity contribution in [3.8, 4) is 11.5 Å². The number of halogens is 1. The molecule has 0 aliphatic carbocycles. The number of hydrogen-bond donors (Lipinski definition) is 2. The smallest absolute Gasteiger partial charge is 0.175 e. The average molecular weight is 276 g/mol. The monoisotopic (exact) mass is 275 g/mol. The van der Waals surface area contributed by atoms with Crippen LogP contribution in [0, 0.1) is 0 Å². The molecule has 0 spiro atoms. The Bertz CT molecular complexity index is 344. The van der Waals surface area contributed by atoms with E-state index in [9.17, 15) is 0 Å². The number of hydrogen-bond acceptors (Lipinski definition) is 4. The summed E-state index contributed by atoms with van der Waals surface area (Å²) < 4.78 is 11.0. The molecule has 0 saturated carbocycles. The third kappa shape index (κ3) is 2.42. The molecule has 1 rings (SSSR count). The van der Waals surface area contributed by atoms with Crippen LogP contribution >= 0.6 is 15.9 Å². The van der Waals surface area contributed by atoms with Crippen molar-refractivity contribution < 1.29 is 14.6 Å². The van der Waals surface area contributed by atoms with Gasteiger partial charge in [0.2, 0.25) is 0 Å². The van der Waals surface area contributed by atoms with Crippen molar-refractivity contribution in [3.05, 3.63) is 22.2 Å². The lowest BCUT2D eigenvalue weighted by atomic mass is 10.1. The molecule has 1 atom stereocenters. The standard InChI is InChI=1S/C10H14BrNO3/c1-14-8-4-3-6(7(12)5-13)9(11)10(8)15-2/h3-4,7,13H,5,12H2,1-2H3/t7-/m0/s1. The maximum absolute atomic E-state index is 8.98. The van der Waals surface area contributed by atoms with Gasteiger partial charge in [-0.1, -0.05) is 6.07 Å². The van der Waals surface area contributed by atoms with Crippen molar-refractivity contribution in [3.63, 3.8) is 0 Å². The Morgan fingerprint density at radius 3 is 2.53 bits per heavy atom. The first-order valence-electron chi connectivity index (χ1n) is 4.42. The van der Waals surface area contributed by atoms with Crippen molar-refractivity contribution in [1.82, 2.24) is 0 Å². The van der Waals surface area contributed by atoms with E-state index in [-0.39, 0.29) is 6.61 Å². The van der Waals surface area contributed by atoms with Crippen LogP contribution in [0.5, 0.6) is 11.5 Å². The van der Waals surface area contributed by atoms with Crippen LogP contribution in [0.2, 0.25) is 0 Å². The van der Waals surface area contributed by atoms with Crippen molar-refractivity contribution in [1.29, 1.82) is 0 Å². The van der Waals surface area contributed by atoms with Crippen LogP contribution in [0.15, 0.2) is 16.6 Å². The predicted octanol–water partition coefficient (Wildman–Crippen LogP) is 1.46. The highest BCUT2D eigenvalue weighted by atomic mass is 79.9. The van der Waals surface area contributed by atoms with Crippen LogP contribution in [-0.4, -0.2) is 25.9 Å². The molecular weight excluding hydrogens is 262 g/mol. The summed E-state index contributed by atoms with van der Waals surface area (Å²) in [6.07, 6.45) is 0. The molecule has 84 valence electrons. The second-order valence-corrected chi connectivity index (χ2v) is 3.79. The predicted molar refractivity (Wildman–Crippen MR) is 61.3 cm³/mol. The number of aliphatic hydroxyl groups excluding tert-OH is 1. The summed E-state index contributed by atoms with van der Waals surface area (Å²) in [6, 6.07) is 3.13. The third-order valence-electron chi connectivity index (χ3n) is 2.11. The van der Waals surface area contributed by atoms with Gasteiger partial charge in [0.15, 0.2) is 11.5 Å². The summed E-state index contributed by atoms with van der Waals surface area (Å²) in [5.41, 5.74) is 6.52. The normalized spacial score (nSPS) is 12.3. The van der Waals surface area contributed by atoms with Crippen molar-refractivity contribution in [2.45, 2.75) is 6.04 Å². The van der Waals surface area contributed by atoms with Crippen LogP contribution in [0.3, 0.4) is 0 Å². The van der Waals surface area contributed by atoms with E-state index in [2.05, 4.69) is 15.9 Å². The fourth-order valence-electron chi connectivity index (χ4n) is 1.29. The quantitative estimate of drug-likeness (QED) is 0.873. The molecule has 0 unspecified atom stereocenters. The van der Waals surface area contributed by atoms with Crippen molar-refractivity contribution in [2.24, 2.45) is 5.73 Å². The number of methoxy groups -OCH3 is 2. The lowest BCUT2D eigenvalue weighted by Crippen LogP contribution is -2.15. The minimum absolute atomic E-state index is 0.117. The zero-order chi connectivity index (χ0) is 11.4. The Morgan fingerprint density at radius 2 is 2.07 bits per heavy atom. The average Bonchev–Trinajstić information content (AvgIpc) is 2.27. The molecular formula is C10H14BrNO3. The van der Waals surface area contributed by atoms with Crippen LogP contribution in [-0.2, 0) is 0 Å². The molecule has 4 nitrogen and oxygen atoms in total. The highest BCUT2D eigenvalue weighted by Crippen LogP contribution is 2.39. The number of benzene rings is 1. The summed E-state index contributed by atoms with van der Waals surface area (Å²) in [7, 11) is 3.12.